The molecule has 0 saturated heterocycles. The molecule has 0 aromatic rings. The highest BCUT2D eigenvalue weighted by molar-refractivity contribution is 7.87. The van der Waals surface area contributed by atoms with Gasteiger partial charge >= 0.3 is 15.6 Å². The van der Waals surface area contributed by atoms with Crippen molar-refractivity contribution in [1.29, 1.82) is 0 Å². The standard InChI is InChI=1S/C9H17F3O6S/c1-3-4-5-15-8(2)16-6-7-17-18-19(13,14)9(10,11)12/h8H,3-7H2,1-2H3. The molecule has 0 aliphatic carbocycles. The molecule has 0 rings (SSSR count). The maximum Gasteiger partial charge on any atom is 0.525 e. The maximum atomic E-state index is 11.8. The quantitative estimate of drug-likeness (QED) is 0.202. The van der Waals surface area contributed by atoms with E-state index in [2.05, 4.69) is 9.22 Å². The van der Waals surface area contributed by atoms with Gasteiger partial charge in [-0.3, -0.25) is 0 Å². The zero-order chi connectivity index (χ0) is 14.9. The predicted octanol–water partition coefficient (Wildman–Crippen LogP) is 1.96. The first-order chi connectivity index (χ1) is 8.70. The Morgan fingerprint density at radius 3 is 2.21 bits per heavy atom. The average Bonchev–Trinajstić information content (AvgIpc) is 2.27. The van der Waals surface area contributed by atoms with Gasteiger partial charge in [0, 0.05) is 6.61 Å². The molecule has 0 spiro atoms. The molecule has 0 amide bonds. The summed E-state index contributed by atoms with van der Waals surface area (Å²) in [6, 6.07) is 0. The van der Waals surface area contributed by atoms with Crippen LogP contribution in [0.3, 0.4) is 0 Å². The minimum Gasteiger partial charge on any atom is -0.353 e. The molecule has 0 saturated carbocycles. The molecule has 0 aromatic heterocycles. The number of hydrogen-bond donors (Lipinski definition) is 0. The molecule has 0 fully saturated rings. The summed E-state index contributed by atoms with van der Waals surface area (Å²) < 4.78 is 69.6. The van der Waals surface area contributed by atoms with Crippen LogP contribution < -0.4 is 0 Å². The Hall–Kier alpha value is -0.420. The van der Waals surface area contributed by atoms with Crippen molar-refractivity contribution < 1.29 is 40.3 Å². The van der Waals surface area contributed by atoms with Gasteiger partial charge in [0.25, 0.3) is 0 Å². The first-order valence-electron chi connectivity index (χ1n) is 5.56. The second-order valence-corrected chi connectivity index (χ2v) is 4.96. The third-order valence-electron chi connectivity index (χ3n) is 1.79. The summed E-state index contributed by atoms with van der Waals surface area (Å²) in [5, 5.41) is 0. The first kappa shape index (κ1) is 18.6. The van der Waals surface area contributed by atoms with E-state index < -0.39 is 28.5 Å². The molecular weight excluding hydrogens is 293 g/mol. The van der Waals surface area contributed by atoms with E-state index in [0.717, 1.165) is 12.8 Å². The lowest BCUT2D eigenvalue weighted by atomic mass is 10.4. The van der Waals surface area contributed by atoms with Gasteiger partial charge in [-0.25, -0.2) is 4.89 Å². The zero-order valence-electron chi connectivity index (χ0n) is 10.6. The van der Waals surface area contributed by atoms with Crippen molar-refractivity contribution >= 4 is 10.1 Å². The van der Waals surface area contributed by atoms with Crippen LogP contribution in [-0.4, -0.2) is 40.0 Å². The molecule has 0 heterocycles. The van der Waals surface area contributed by atoms with Gasteiger partial charge in [0.2, 0.25) is 0 Å². The van der Waals surface area contributed by atoms with Crippen molar-refractivity contribution in [2.45, 2.75) is 38.5 Å². The van der Waals surface area contributed by atoms with Gasteiger partial charge in [0.05, 0.1) is 6.61 Å². The molecule has 0 aliphatic rings. The summed E-state index contributed by atoms with van der Waals surface area (Å²) in [7, 11) is -5.73. The fraction of sp³-hybridized carbons (Fsp3) is 1.00. The molecule has 0 radical (unpaired) electrons. The summed E-state index contributed by atoms with van der Waals surface area (Å²) in [6.07, 6.45) is 1.25. The highest BCUT2D eigenvalue weighted by Crippen LogP contribution is 2.24. The predicted molar refractivity (Wildman–Crippen MR) is 58.3 cm³/mol. The van der Waals surface area contributed by atoms with Crippen molar-refractivity contribution in [2.75, 3.05) is 19.8 Å². The lowest BCUT2D eigenvalue weighted by Gasteiger charge is -2.13. The molecule has 0 aliphatic heterocycles. The fourth-order valence-corrected chi connectivity index (χ4v) is 1.10. The van der Waals surface area contributed by atoms with E-state index in [0.29, 0.717) is 6.61 Å². The molecule has 0 bridgehead atoms. The average molecular weight is 310 g/mol. The van der Waals surface area contributed by atoms with Gasteiger partial charge in [-0.1, -0.05) is 17.7 Å². The Balaban J connectivity index is 3.66. The smallest absolute Gasteiger partial charge is 0.353 e. The van der Waals surface area contributed by atoms with Crippen LogP contribution in [0, 0.1) is 0 Å². The van der Waals surface area contributed by atoms with Crippen LogP contribution >= 0.6 is 0 Å². The molecule has 19 heavy (non-hydrogen) atoms. The Kier molecular flexibility index (Phi) is 8.50. The third kappa shape index (κ3) is 8.37. The fourth-order valence-electron chi connectivity index (χ4n) is 0.826. The Labute approximate surface area is 109 Å². The lowest BCUT2D eigenvalue weighted by molar-refractivity contribution is -0.233. The van der Waals surface area contributed by atoms with E-state index in [9.17, 15) is 21.6 Å². The van der Waals surface area contributed by atoms with Gasteiger partial charge in [0.1, 0.15) is 6.61 Å². The number of unbranched alkanes of at least 4 members (excludes halogenated alkanes) is 1. The van der Waals surface area contributed by atoms with Crippen LogP contribution in [0.25, 0.3) is 0 Å². The van der Waals surface area contributed by atoms with Crippen LogP contribution in [0.1, 0.15) is 26.7 Å². The molecule has 6 nitrogen and oxygen atoms in total. The summed E-state index contributed by atoms with van der Waals surface area (Å²) in [6.45, 7) is 3.44. The minimum atomic E-state index is -5.73. The highest BCUT2D eigenvalue weighted by atomic mass is 32.2. The molecule has 0 N–H and O–H groups in total. The van der Waals surface area contributed by atoms with Gasteiger partial charge < -0.3 is 9.47 Å². The van der Waals surface area contributed by atoms with Gasteiger partial charge in [-0.2, -0.15) is 21.6 Å². The highest BCUT2D eigenvalue weighted by Gasteiger charge is 2.48. The van der Waals surface area contributed by atoms with Gasteiger partial charge in [-0.05, 0) is 13.3 Å². The summed E-state index contributed by atoms with van der Waals surface area (Å²) in [5.74, 6) is 0. The van der Waals surface area contributed by atoms with Crippen LogP contribution in [0.5, 0.6) is 0 Å². The number of rotatable bonds is 10. The van der Waals surface area contributed by atoms with Crippen molar-refractivity contribution in [2.24, 2.45) is 0 Å². The molecule has 10 heteroatoms. The summed E-state index contributed by atoms with van der Waals surface area (Å²) in [4.78, 5) is 3.91. The second-order valence-electron chi connectivity index (χ2n) is 3.45. The van der Waals surface area contributed by atoms with Crippen molar-refractivity contribution in [1.82, 2.24) is 0 Å². The Morgan fingerprint density at radius 1 is 1.11 bits per heavy atom. The number of hydrogen-bond acceptors (Lipinski definition) is 6. The molecule has 1 atom stereocenters. The molecular formula is C9H17F3O6S. The van der Waals surface area contributed by atoms with Crippen LogP contribution in [0.4, 0.5) is 13.2 Å². The second kappa shape index (κ2) is 8.69. The topological polar surface area (TPSA) is 71.1 Å². The number of halogens is 3. The lowest BCUT2D eigenvalue weighted by Crippen LogP contribution is -2.26. The maximum absolute atomic E-state index is 11.8. The van der Waals surface area contributed by atoms with E-state index in [1.165, 1.54) is 0 Å². The van der Waals surface area contributed by atoms with E-state index in [4.69, 9.17) is 9.47 Å². The van der Waals surface area contributed by atoms with Gasteiger partial charge in [-0.15, -0.1) is 0 Å². The summed E-state index contributed by atoms with van der Waals surface area (Å²) >= 11 is 0. The van der Waals surface area contributed by atoms with E-state index in [1.807, 2.05) is 6.92 Å². The van der Waals surface area contributed by atoms with Gasteiger partial charge in [0.15, 0.2) is 6.29 Å². The molecule has 1 unspecified atom stereocenters. The molecule has 0 aromatic carbocycles. The number of alkyl halides is 3. The van der Waals surface area contributed by atoms with Crippen molar-refractivity contribution in [3.8, 4) is 0 Å². The van der Waals surface area contributed by atoms with E-state index in [-0.39, 0.29) is 6.61 Å². The molecule has 116 valence electrons. The van der Waals surface area contributed by atoms with Crippen molar-refractivity contribution in [3.63, 3.8) is 0 Å². The zero-order valence-corrected chi connectivity index (χ0v) is 11.4. The van der Waals surface area contributed by atoms with Crippen LogP contribution in [0.2, 0.25) is 0 Å². The number of ether oxygens (including phenoxy) is 2. The minimum absolute atomic E-state index is 0.166. The Bertz CT molecular complexity index is 329. The largest absolute Gasteiger partial charge is 0.525 e. The monoisotopic (exact) mass is 310 g/mol. The van der Waals surface area contributed by atoms with Crippen LogP contribution in [-0.2, 0) is 28.8 Å². The third-order valence-corrected chi connectivity index (χ3v) is 2.63. The normalized spacial score (nSPS) is 14.6. The van der Waals surface area contributed by atoms with E-state index in [1.54, 1.807) is 6.92 Å². The Morgan fingerprint density at radius 2 is 1.68 bits per heavy atom. The summed E-state index contributed by atoms with van der Waals surface area (Å²) in [5.41, 5.74) is -5.51. The van der Waals surface area contributed by atoms with Crippen molar-refractivity contribution in [3.05, 3.63) is 0 Å². The first-order valence-corrected chi connectivity index (χ1v) is 6.97. The van der Waals surface area contributed by atoms with Crippen LogP contribution in [0.15, 0.2) is 0 Å². The van der Waals surface area contributed by atoms with E-state index >= 15 is 0 Å². The SMILES string of the molecule is CCCCOC(C)OCCOOS(=O)(=O)C(F)(F)F.